The second-order valence-corrected chi connectivity index (χ2v) is 8.22. The maximum Gasteiger partial charge on any atom is 0.319 e. The SMILES string of the molecule is Cc1nc2cc(Cl)ncc2cc1-c1ccc(F)c(NC(=O)NCCC2CCCC2)c1. The van der Waals surface area contributed by atoms with E-state index in [2.05, 4.69) is 20.6 Å². The molecule has 2 amide bonds. The number of halogens is 2. The van der Waals surface area contributed by atoms with E-state index in [4.69, 9.17) is 11.6 Å². The summed E-state index contributed by atoms with van der Waals surface area (Å²) in [4.78, 5) is 20.9. The summed E-state index contributed by atoms with van der Waals surface area (Å²) in [6.07, 6.45) is 7.66. The molecule has 2 heterocycles. The van der Waals surface area contributed by atoms with Crippen LogP contribution in [-0.4, -0.2) is 22.5 Å². The largest absolute Gasteiger partial charge is 0.338 e. The van der Waals surface area contributed by atoms with E-state index in [9.17, 15) is 9.18 Å². The monoisotopic (exact) mass is 426 g/mol. The molecule has 0 unspecified atom stereocenters. The lowest BCUT2D eigenvalue weighted by Gasteiger charge is -2.13. The highest BCUT2D eigenvalue weighted by atomic mass is 35.5. The lowest BCUT2D eigenvalue weighted by Crippen LogP contribution is -2.30. The number of urea groups is 1. The Morgan fingerprint density at radius 3 is 2.83 bits per heavy atom. The van der Waals surface area contributed by atoms with Crippen molar-refractivity contribution in [1.29, 1.82) is 0 Å². The zero-order valence-corrected chi connectivity index (χ0v) is 17.6. The van der Waals surface area contributed by atoms with Crippen LogP contribution in [0.15, 0.2) is 36.5 Å². The van der Waals surface area contributed by atoms with Gasteiger partial charge in [0.2, 0.25) is 0 Å². The van der Waals surface area contributed by atoms with Crippen molar-refractivity contribution in [2.75, 3.05) is 11.9 Å². The summed E-state index contributed by atoms with van der Waals surface area (Å²) < 4.78 is 14.3. The van der Waals surface area contributed by atoms with Gasteiger partial charge in [0.15, 0.2) is 0 Å². The molecule has 5 nitrogen and oxygen atoms in total. The van der Waals surface area contributed by atoms with E-state index in [-0.39, 0.29) is 5.69 Å². The maximum absolute atomic E-state index is 14.3. The summed E-state index contributed by atoms with van der Waals surface area (Å²) in [5.74, 6) is 0.211. The van der Waals surface area contributed by atoms with Crippen molar-refractivity contribution >= 4 is 34.2 Å². The van der Waals surface area contributed by atoms with Crippen molar-refractivity contribution in [3.63, 3.8) is 0 Å². The molecule has 1 saturated carbocycles. The zero-order chi connectivity index (χ0) is 21.1. The minimum Gasteiger partial charge on any atom is -0.338 e. The van der Waals surface area contributed by atoms with E-state index in [1.807, 2.05) is 13.0 Å². The number of anilines is 1. The number of benzene rings is 1. The Morgan fingerprint density at radius 2 is 2.03 bits per heavy atom. The van der Waals surface area contributed by atoms with Gasteiger partial charge in [-0.2, -0.15) is 0 Å². The number of aromatic nitrogens is 2. The number of carbonyl (C=O) groups excluding carboxylic acids is 1. The number of aryl methyl sites for hydroxylation is 1. The lowest BCUT2D eigenvalue weighted by atomic mass is 10.0. The van der Waals surface area contributed by atoms with Crippen LogP contribution in [0.5, 0.6) is 0 Å². The first-order valence-corrected chi connectivity index (χ1v) is 10.6. The molecule has 30 heavy (non-hydrogen) atoms. The first-order chi connectivity index (χ1) is 14.5. The van der Waals surface area contributed by atoms with Crippen LogP contribution in [0, 0.1) is 18.7 Å². The zero-order valence-electron chi connectivity index (χ0n) is 16.8. The number of nitrogens with zero attached hydrogens (tertiary/aromatic N) is 2. The molecule has 0 atom stereocenters. The summed E-state index contributed by atoms with van der Waals surface area (Å²) in [7, 11) is 0. The molecule has 1 aliphatic carbocycles. The van der Waals surface area contributed by atoms with Crippen molar-refractivity contribution < 1.29 is 9.18 Å². The Hall–Kier alpha value is -2.73. The van der Waals surface area contributed by atoms with Gasteiger partial charge in [-0.25, -0.2) is 14.2 Å². The number of nitrogens with one attached hydrogen (secondary N) is 2. The van der Waals surface area contributed by atoms with Gasteiger partial charge < -0.3 is 10.6 Å². The van der Waals surface area contributed by atoms with Crippen LogP contribution in [0.1, 0.15) is 37.8 Å². The second-order valence-electron chi connectivity index (χ2n) is 7.84. The molecule has 2 N–H and O–H groups in total. The van der Waals surface area contributed by atoms with E-state index >= 15 is 0 Å². The lowest BCUT2D eigenvalue weighted by molar-refractivity contribution is 0.251. The highest BCUT2D eigenvalue weighted by molar-refractivity contribution is 6.30. The first-order valence-electron chi connectivity index (χ1n) is 10.3. The molecule has 2 aromatic heterocycles. The average Bonchev–Trinajstić information content (AvgIpc) is 3.23. The quantitative estimate of drug-likeness (QED) is 0.484. The van der Waals surface area contributed by atoms with Crippen molar-refractivity contribution in [3.8, 4) is 11.1 Å². The van der Waals surface area contributed by atoms with Crippen molar-refractivity contribution in [3.05, 3.63) is 53.2 Å². The van der Waals surface area contributed by atoms with Crippen LogP contribution < -0.4 is 10.6 Å². The second kappa shape index (κ2) is 8.96. The predicted octanol–water partition coefficient (Wildman–Crippen LogP) is 6.10. The van der Waals surface area contributed by atoms with Crippen molar-refractivity contribution in [2.24, 2.45) is 5.92 Å². The summed E-state index contributed by atoms with van der Waals surface area (Å²) in [5, 5.41) is 6.69. The maximum atomic E-state index is 14.3. The summed E-state index contributed by atoms with van der Waals surface area (Å²) in [5.41, 5.74) is 3.28. The molecule has 7 heteroatoms. The fourth-order valence-corrected chi connectivity index (χ4v) is 4.23. The number of fused-ring (bicyclic) bond motifs is 1. The van der Waals surface area contributed by atoms with Gasteiger partial charge in [0.25, 0.3) is 0 Å². The summed E-state index contributed by atoms with van der Waals surface area (Å²) in [6, 6.07) is 7.92. The number of carbonyl (C=O) groups is 1. The van der Waals surface area contributed by atoms with E-state index in [0.717, 1.165) is 34.1 Å². The molecule has 0 saturated heterocycles. The van der Waals surface area contributed by atoms with Gasteiger partial charge in [0, 0.05) is 35.5 Å². The van der Waals surface area contributed by atoms with Crippen LogP contribution in [0.2, 0.25) is 5.15 Å². The van der Waals surface area contributed by atoms with Crippen LogP contribution >= 0.6 is 11.6 Å². The number of amides is 2. The third kappa shape index (κ3) is 4.70. The Bertz CT molecular complexity index is 1080. The molecule has 1 fully saturated rings. The Balaban J connectivity index is 1.50. The highest BCUT2D eigenvalue weighted by Gasteiger charge is 2.15. The molecule has 0 spiro atoms. The van der Waals surface area contributed by atoms with E-state index in [1.54, 1.807) is 24.4 Å². The Kier molecular flexibility index (Phi) is 6.13. The van der Waals surface area contributed by atoms with E-state index < -0.39 is 11.8 Å². The molecule has 3 aromatic rings. The summed E-state index contributed by atoms with van der Waals surface area (Å²) in [6.45, 7) is 2.48. The van der Waals surface area contributed by atoms with E-state index in [1.165, 1.54) is 31.7 Å². The van der Waals surface area contributed by atoms with Gasteiger partial charge in [0.05, 0.1) is 11.2 Å². The standard InChI is InChI=1S/C23H24ClFN4O/c1-14-18(10-17-13-27-22(24)12-20(17)28-14)16-6-7-19(25)21(11-16)29-23(30)26-9-8-15-4-2-3-5-15/h6-7,10-13,15H,2-5,8-9H2,1H3,(H2,26,29,30). The van der Waals surface area contributed by atoms with Crippen LogP contribution in [0.4, 0.5) is 14.9 Å². The number of pyridine rings is 2. The third-order valence-corrected chi connectivity index (χ3v) is 5.90. The predicted molar refractivity (Wildman–Crippen MR) is 118 cm³/mol. The van der Waals surface area contributed by atoms with Gasteiger partial charge in [-0.15, -0.1) is 0 Å². The highest BCUT2D eigenvalue weighted by Crippen LogP contribution is 2.30. The number of rotatable bonds is 5. The summed E-state index contributed by atoms with van der Waals surface area (Å²) >= 11 is 5.95. The smallest absolute Gasteiger partial charge is 0.319 e. The van der Waals surface area contributed by atoms with E-state index in [0.29, 0.717) is 17.6 Å². The van der Waals surface area contributed by atoms with Gasteiger partial charge >= 0.3 is 6.03 Å². The normalized spacial score (nSPS) is 14.2. The molecule has 4 rings (SSSR count). The van der Waals surface area contributed by atoms with Crippen LogP contribution in [0.25, 0.3) is 22.0 Å². The Labute approximate surface area is 180 Å². The molecule has 1 aliphatic rings. The van der Waals surface area contributed by atoms with Crippen LogP contribution in [-0.2, 0) is 0 Å². The fraction of sp³-hybridized carbons (Fsp3) is 0.348. The van der Waals surface area contributed by atoms with Crippen LogP contribution in [0.3, 0.4) is 0 Å². The fourth-order valence-electron chi connectivity index (χ4n) is 4.08. The van der Waals surface area contributed by atoms with Crippen molar-refractivity contribution in [1.82, 2.24) is 15.3 Å². The van der Waals surface area contributed by atoms with Gasteiger partial charge in [-0.05, 0) is 43.0 Å². The molecule has 0 radical (unpaired) electrons. The average molecular weight is 427 g/mol. The van der Waals surface area contributed by atoms with Gasteiger partial charge in [-0.1, -0.05) is 43.4 Å². The van der Waals surface area contributed by atoms with Crippen molar-refractivity contribution in [2.45, 2.75) is 39.0 Å². The topological polar surface area (TPSA) is 66.9 Å². The minimum atomic E-state index is -0.482. The Morgan fingerprint density at radius 1 is 1.23 bits per heavy atom. The number of hydrogen-bond acceptors (Lipinski definition) is 3. The number of hydrogen-bond donors (Lipinski definition) is 2. The first kappa shape index (κ1) is 20.5. The third-order valence-electron chi connectivity index (χ3n) is 5.69. The van der Waals surface area contributed by atoms with Gasteiger partial charge in [0.1, 0.15) is 11.0 Å². The van der Waals surface area contributed by atoms with Gasteiger partial charge in [-0.3, -0.25) is 4.98 Å². The molecule has 0 aliphatic heterocycles. The molecule has 0 bridgehead atoms. The molecule has 156 valence electrons. The minimum absolute atomic E-state index is 0.139. The molecule has 1 aromatic carbocycles. The molecular weight excluding hydrogens is 403 g/mol. The molecular formula is C23H24ClFN4O.